The summed E-state index contributed by atoms with van der Waals surface area (Å²) in [4.78, 5) is 13.3. The predicted octanol–water partition coefficient (Wildman–Crippen LogP) is 4.52. The fourth-order valence-electron chi connectivity index (χ4n) is 2.12. The summed E-state index contributed by atoms with van der Waals surface area (Å²) in [7, 11) is 0. The molecule has 0 spiro atoms. The predicted molar refractivity (Wildman–Crippen MR) is 86.5 cm³/mol. The summed E-state index contributed by atoms with van der Waals surface area (Å²) in [6.45, 7) is 6.20. The lowest BCUT2D eigenvalue weighted by atomic mass is 10.0. The monoisotopic (exact) mass is 284 g/mol. The summed E-state index contributed by atoms with van der Waals surface area (Å²) < 4.78 is 0. The van der Waals surface area contributed by atoms with Crippen molar-refractivity contribution in [2.75, 3.05) is 5.75 Å². The molecule has 2 heteroatoms. The molecule has 0 heterocycles. The van der Waals surface area contributed by atoms with Crippen LogP contribution in [0.5, 0.6) is 0 Å². The van der Waals surface area contributed by atoms with E-state index in [0.717, 1.165) is 5.56 Å². The van der Waals surface area contributed by atoms with Gasteiger partial charge in [-0.2, -0.15) is 0 Å². The number of carbonyl (C=O) groups excluding carboxylic acids is 1. The average molecular weight is 284 g/mol. The molecule has 0 atom stereocenters. The molecule has 20 heavy (non-hydrogen) atoms. The first kappa shape index (κ1) is 14.9. The number of ketones is 1. The van der Waals surface area contributed by atoms with Crippen molar-refractivity contribution in [1.82, 2.24) is 0 Å². The molecule has 0 aliphatic rings. The minimum atomic E-state index is 0.283. The van der Waals surface area contributed by atoms with Crippen LogP contribution in [0, 0.1) is 20.8 Å². The molecule has 2 aromatic carbocycles. The lowest BCUT2D eigenvalue weighted by Crippen LogP contribution is -2.07. The van der Waals surface area contributed by atoms with Crippen LogP contribution in [0.15, 0.2) is 47.4 Å². The van der Waals surface area contributed by atoms with Gasteiger partial charge in [0.05, 0.1) is 5.75 Å². The van der Waals surface area contributed by atoms with Gasteiger partial charge < -0.3 is 0 Å². The fraction of sp³-hybridized carbons (Fsp3) is 0.278. The second-order valence-electron chi connectivity index (χ2n) is 5.25. The zero-order valence-corrected chi connectivity index (χ0v) is 13.1. The van der Waals surface area contributed by atoms with Crippen molar-refractivity contribution in [3.63, 3.8) is 0 Å². The number of Topliss-reactive ketones (excluding diaryl/α,β-unsaturated/α-hetero) is 1. The van der Waals surface area contributed by atoms with Crippen LogP contribution in [0.25, 0.3) is 0 Å². The first-order valence-corrected chi connectivity index (χ1v) is 7.80. The maximum absolute atomic E-state index is 12.1. The number of rotatable bonds is 5. The molecule has 0 unspecified atom stereocenters. The Balaban J connectivity index is 1.94. The number of carbonyl (C=O) groups is 1. The zero-order chi connectivity index (χ0) is 14.5. The van der Waals surface area contributed by atoms with Crippen LogP contribution in [0.2, 0.25) is 0 Å². The molecule has 0 N–H and O–H groups in total. The second-order valence-corrected chi connectivity index (χ2v) is 6.30. The Morgan fingerprint density at radius 3 is 2.50 bits per heavy atom. The van der Waals surface area contributed by atoms with Gasteiger partial charge in [0.15, 0.2) is 0 Å². The van der Waals surface area contributed by atoms with E-state index in [1.54, 1.807) is 11.8 Å². The van der Waals surface area contributed by atoms with Crippen LogP contribution < -0.4 is 0 Å². The topological polar surface area (TPSA) is 17.1 Å². The van der Waals surface area contributed by atoms with E-state index < -0.39 is 0 Å². The summed E-state index contributed by atoms with van der Waals surface area (Å²) >= 11 is 1.62. The Bertz CT molecular complexity index is 617. The molecule has 0 bridgehead atoms. The van der Waals surface area contributed by atoms with Crippen LogP contribution in [0.3, 0.4) is 0 Å². The molecule has 0 saturated heterocycles. The van der Waals surface area contributed by atoms with Crippen LogP contribution >= 0.6 is 11.8 Å². The lowest BCUT2D eigenvalue weighted by Gasteiger charge is -2.07. The summed E-state index contributed by atoms with van der Waals surface area (Å²) in [6, 6.07) is 14.6. The van der Waals surface area contributed by atoms with Crippen LogP contribution in [0.4, 0.5) is 0 Å². The van der Waals surface area contributed by atoms with Crippen molar-refractivity contribution in [1.29, 1.82) is 0 Å². The van der Waals surface area contributed by atoms with Crippen LogP contribution in [-0.4, -0.2) is 11.5 Å². The van der Waals surface area contributed by atoms with Gasteiger partial charge in [0.2, 0.25) is 0 Å². The van der Waals surface area contributed by atoms with Gasteiger partial charge in [0, 0.05) is 11.3 Å². The lowest BCUT2D eigenvalue weighted by molar-refractivity contribution is -0.116. The molecule has 0 aliphatic heterocycles. The molecule has 0 radical (unpaired) electrons. The summed E-state index contributed by atoms with van der Waals surface area (Å²) in [5.41, 5.74) is 4.80. The minimum absolute atomic E-state index is 0.283. The molecule has 0 amide bonds. The normalized spacial score (nSPS) is 10.6. The highest BCUT2D eigenvalue weighted by Crippen LogP contribution is 2.20. The van der Waals surface area contributed by atoms with Gasteiger partial charge in [0.25, 0.3) is 0 Å². The van der Waals surface area contributed by atoms with Crippen molar-refractivity contribution in [2.45, 2.75) is 32.1 Å². The Hall–Kier alpha value is -1.54. The van der Waals surface area contributed by atoms with Gasteiger partial charge >= 0.3 is 0 Å². The molecule has 0 fully saturated rings. The molecule has 1 nitrogen and oxygen atoms in total. The Kier molecular flexibility index (Phi) is 5.02. The molecule has 104 valence electrons. The molecule has 2 rings (SSSR count). The van der Waals surface area contributed by atoms with Gasteiger partial charge in [0.1, 0.15) is 5.78 Å². The maximum atomic E-state index is 12.1. The van der Waals surface area contributed by atoms with Crippen LogP contribution in [-0.2, 0) is 11.2 Å². The molecule has 2 aromatic rings. The highest BCUT2D eigenvalue weighted by Gasteiger charge is 2.07. The zero-order valence-electron chi connectivity index (χ0n) is 12.3. The fourth-order valence-corrected chi connectivity index (χ4v) is 3.00. The van der Waals surface area contributed by atoms with E-state index in [1.165, 1.54) is 21.6 Å². The van der Waals surface area contributed by atoms with E-state index in [9.17, 15) is 4.79 Å². The maximum Gasteiger partial charge on any atom is 0.147 e. The molecular formula is C18H20OS. The van der Waals surface area contributed by atoms with Crippen molar-refractivity contribution < 1.29 is 4.79 Å². The third-order valence-electron chi connectivity index (χ3n) is 3.28. The smallest absolute Gasteiger partial charge is 0.147 e. The Labute approximate surface area is 125 Å². The standard InChI is InChI=1S/C18H20OS/c1-13-5-4-6-18(10-13)20-12-17(19)11-16-9-14(2)7-8-15(16)3/h4-10H,11-12H2,1-3H3. The number of aryl methyl sites for hydroxylation is 3. The highest BCUT2D eigenvalue weighted by molar-refractivity contribution is 8.00. The SMILES string of the molecule is Cc1cccc(SCC(=O)Cc2cc(C)ccc2C)c1. The van der Waals surface area contributed by atoms with Gasteiger partial charge in [-0.15, -0.1) is 11.8 Å². The third-order valence-corrected chi connectivity index (χ3v) is 4.34. The van der Waals surface area contributed by atoms with Crippen molar-refractivity contribution in [3.05, 3.63) is 64.7 Å². The van der Waals surface area contributed by atoms with Gasteiger partial charge in [-0.1, -0.05) is 41.5 Å². The van der Waals surface area contributed by atoms with Crippen LogP contribution in [0.1, 0.15) is 22.3 Å². The summed E-state index contributed by atoms with van der Waals surface area (Å²) in [5, 5.41) is 0. The summed E-state index contributed by atoms with van der Waals surface area (Å²) in [5.74, 6) is 0.821. The number of thioether (sulfide) groups is 1. The van der Waals surface area contributed by atoms with E-state index in [4.69, 9.17) is 0 Å². The highest BCUT2D eigenvalue weighted by atomic mass is 32.2. The van der Waals surface area contributed by atoms with Gasteiger partial charge in [-0.3, -0.25) is 4.79 Å². The molecule has 0 aromatic heterocycles. The molecule has 0 aliphatic carbocycles. The quantitative estimate of drug-likeness (QED) is 0.751. The first-order chi connectivity index (χ1) is 9.54. The molecule has 0 saturated carbocycles. The molecular weight excluding hydrogens is 264 g/mol. The number of hydrogen-bond donors (Lipinski definition) is 0. The van der Waals surface area contributed by atoms with E-state index in [1.807, 2.05) is 6.07 Å². The average Bonchev–Trinajstić information content (AvgIpc) is 2.41. The number of benzene rings is 2. The van der Waals surface area contributed by atoms with Gasteiger partial charge in [-0.05, 0) is 44.0 Å². The Morgan fingerprint density at radius 2 is 1.75 bits per heavy atom. The van der Waals surface area contributed by atoms with E-state index in [0.29, 0.717) is 12.2 Å². The minimum Gasteiger partial charge on any atom is -0.298 e. The second kappa shape index (κ2) is 6.76. The van der Waals surface area contributed by atoms with Crippen molar-refractivity contribution in [2.24, 2.45) is 0 Å². The van der Waals surface area contributed by atoms with Crippen molar-refractivity contribution in [3.8, 4) is 0 Å². The Morgan fingerprint density at radius 1 is 1.00 bits per heavy atom. The van der Waals surface area contributed by atoms with Gasteiger partial charge in [-0.25, -0.2) is 0 Å². The van der Waals surface area contributed by atoms with Crippen molar-refractivity contribution >= 4 is 17.5 Å². The largest absolute Gasteiger partial charge is 0.298 e. The number of hydrogen-bond acceptors (Lipinski definition) is 2. The summed E-state index contributed by atoms with van der Waals surface area (Å²) in [6.07, 6.45) is 0.534. The van der Waals surface area contributed by atoms with E-state index in [-0.39, 0.29) is 5.78 Å². The first-order valence-electron chi connectivity index (χ1n) is 6.82. The van der Waals surface area contributed by atoms with E-state index >= 15 is 0 Å². The van der Waals surface area contributed by atoms with E-state index in [2.05, 4.69) is 57.2 Å². The third kappa shape index (κ3) is 4.24.